The van der Waals surface area contributed by atoms with Gasteiger partial charge >= 0.3 is 0 Å². The molecular formula is C7H9ClO. The molecule has 0 spiro atoms. The summed E-state index contributed by atoms with van der Waals surface area (Å²) in [6.45, 7) is 2.02. The highest BCUT2D eigenvalue weighted by atomic mass is 35.5. The van der Waals surface area contributed by atoms with Crippen LogP contribution in [0.25, 0.3) is 0 Å². The molecule has 0 fully saturated rings. The summed E-state index contributed by atoms with van der Waals surface area (Å²) in [7, 11) is 0. The van der Waals surface area contributed by atoms with Gasteiger partial charge in [0.25, 0.3) is 0 Å². The SMILES string of the molecule is CC/C=C\C=C/C(=O)Cl. The topological polar surface area (TPSA) is 17.1 Å². The van der Waals surface area contributed by atoms with Gasteiger partial charge in [-0.25, -0.2) is 0 Å². The molecule has 0 saturated heterocycles. The Balaban J connectivity index is 3.47. The van der Waals surface area contributed by atoms with Crippen LogP contribution < -0.4 is 0 Å². The number of carbonyl (C=O) groups is 1. The molecule has 0 aromatic rings. The van der Waals surface area contributed by atoms with Gasteiger partial charge in [0.05, 0.1) is 0 Å². The number of rotatable bonds is 3. The first-order valence-electron chi connectivity index (χ1n) is 2.80. The highest BCUT2D eigenvalue weighted by molar-refractivity contribution is 6.66. The molecule has 0 atom stereocenters. The first-order valence-corrected chi connectivity index (χ1v) is 3.18. The lowest BCUT2D eigenvalue weighted by atomic mass is 10.4. The van der Waals surface area contributed by atoms with Crippen LogP contribution in [0.2, 0.25) is 0 Å². The maximum Gasteiger partial charge on any atom is 0.245 e. The second-order valence-corrected chi connectivity index (χ2v) is 1.87. The smallest absolute Gasteiger partial charge is 0.245 e. The average Bonchev–Trinajstić information content (AvgIpc) is 1.80. The van der Waals surface area contributed by atoms with Crippen molar-refractivity contribution in [1.29, 1.82) is 0 Å². The third kappa shape index (κ3) is 7.44. The summed E-state index contributed by atoms with van der Waals surface area (Å²) in [5.41, 5.74) is 0. The van der Waals surface area contributed by atoms with Gasteiger partial charge in [-0.3, -0.25) is 4.79 Å². The van der Waals surface area contributed by atoms with Crippen LogP contribution in [0.5, 0.6) is 0 Å². The van der Waals surface area contributed by atoms with Crippen molar-refractivity contribution >= 4 is 16.8 Å². The van der Waals surface area contributed by atoms with E-state index in [0.29, 0.717) is 0 Å². The Morgan fingerprint density at radius 3 is 2.67 bits per heavy atom. The normalized spacial score (nSPS) is 11.3. The number of allylic oxidation sites excluding steroid dienone is 4. The Labute approximate surface area is 60.0 Å². The maximum absolute atomic E-state index is 10.1. The summed E-state index contributed by atoms with van der Waals surface area (Å²) in [6.07, 6.45) is 7.64. The van der Waals surface area contributed by atoms with Crippen molar-refractivity contribution in [3.8, 4) is 0 Å². The summed E-state index contributed by atoms with van der Waals surface area (Å²) in [5.74, 6) is 0. The zero-order valence-corrected chi connectivity index (χ0v) is 6.06. The fraction of sp³-hybridized carbons (Fsp3) is 0.286. The van der Waals surface area contributed by atoms with E-state index in [0.717, 1.165) is 6.42 Å². The fourth-order valence-corrected chi connectivity index (χ4v) is 0.419. The van der Waals surface area contributed by atoms with Crippen LogP contribution >= 0.6 is 11.6 Å². The molecule has 0 unspecified atom stereocenters. The lowest BCUT2D eigenvalue weighted by molar-refractivity contribution is -0.107. The fourth-order valence-electron chi connectivity index (χ4n) is 0.346. The van der Waals surface area contributed by atoms with Crippen molar-refractivity contribution in [1.82, 2.24) is 0 Å². The number of halogens is 1. The predicted octanol–water partition coefficient (Wildman–Crippen LogP) is 2.27. The molecule has 0 aromatic carbocycles. The predicted molar refractivity (Wildman–Crippen MR) is 39.4 cm³/mol. The van der Waals surface area contributed by atoms with E-state index in [2.05, 4.69) is 0 Å². The summed E-state index contributed by atoms with van der Waals surface area (Å²) in [5, 5.41) is -0.434. The lowest BCUT2D eigenvalue weighted by Gasteiger charge is -1.73. The van der Waals surface area contributed by atoms with Crippen LogP contribution in [0.1, 0.15) is 13.3 Å². The summed E-state index contributed by atoms with van der Waals surface area (Å²) in [4.78, 5) is 10.1. The van der Waals surface area contributed by atoms with E-state index in [9.17, 15) is 4.79 Å². The van der Waals surface area contributed by atoms with Gasteiger partial charge in [0.1, 0.15) is 0 Å². The van der Waals surface area contributed by atoms with E-state index < -0.39 is 5.24 Å². The molecule has 0 aliphatic rings. The van der Waals surface area contributed by atoms with Gasteiger partial charge in [-0.1, -0.05) is 25.2 Å². The lowest BCUT2D eigenvalue weighted by Crippen LogP contribution is -1.71. The van der Waals surface area contributed by atoms with E-state index in [4.69, 9.17) is 11.6 Å². The molecule has 0 bridgehead atoms. The maximum atomic E-state index is 10.1. The number of hydrogen-bond donors (Lipinski definition) is 0. The van der Waals surface area contributed by atoms with E-state index >= 15 is 0 Å². The van der Waals surface area contributed by atoms with Crippen molar-refractivity contribution in [3.05, 3.63) is 24.3 Å². The van der Waals surface area contributed by atoms with Crippen molar-refractivity contribution in [3.63, 3.8) is 0 Å². The molecule has 0 amide bonds. The minimum atomic E-state index is -0.434. The molecule has 0 aromatic heterocycles. The first kappa shape index (κ1) is 8.44. The summed E-state index contributed by atoms with van der Waals surface area (Å²) >= 11 is 5.00. The van der Waals surface area contributed by atoms with Crippen LogP contribution in [0.4, 0.5) is 0 Å². The highest BCUT2D eigenvalue weighted by Crippen LogP contribution is 1.85. The highest BCUT2D eigenvalue weighted by Gasteiger charge is 1.79. The molecule has 2 heteroatoms. The summed E-state index contributed by atoms with van der Waals surface area (Å²) in [6, 6.07) is 0. The Bertz CT molecular complexity index is 136. The minimum absolute atomic E-state index is 0.434. The van der Waals surface area contributed by atoms with Gasteiger partial charge in [0.2, 0.25) is 5.24 Å². The zero-order chi connectivity index (χ0) is 7.11. The van der Waals surface area contributed by atoms with Gasteiger partial charge < -0.3 is 0 Å². The Morgan fingerprint density at radius 1 is 1.56 bits per heavy atom. The van der Waals surface area contributed by atoms with Gasteiger partial charge in [0.15, 0.2) is 0 Å². The van der Waals surface area contributed by atoms with Crippen molar-refractivity contribution < 1.29 is 4.79 Å². The Hall–Kier alpha value is -0.560. The van der Waals surface area contributed by atoms with Crippen LogP contribution in [0.15, 0.2) is 24.3 Å². The van der Waals surface area contributed by atoms with E-state index in [1.807, 2.05) is 13.0 Å². The number of hydrogen-bond acceptors (Lipinski definition) is 1. The molecule has 0 heterocycles. The Kier molecular flexibility index (Phi) is 5.23. The first-order chi connectivity index (χ1) is 4.27. The molecular weight excluding hydrogens is 136 g/mol. The van der Waals surface area contributed by atoms with Crippen LogP contribution in [-0.2, 0) is 4.79 Å². The largest absolute Gasteiger partial charge is 0.276 e. The summed E-state index contributed by atoms with van der Waals surface area (Å²) < 4.78 is 0. The van der Waals surface area contributed by atoms with Crippen molar-refractivity contribution in [2.75, 3.05) is 0 Å². The van der Waals surface area contributed by atoms with Crippen LogP contribution in [-0.4, -0.2) is 5.24 Å². The molecule has 0 saturated carbocycles. The Morgan fingerprint density at radius 2 is 2.22 bits per heavy atom. The van der Waals surface area contributed by atoms with Crippen molar-refractivity contribution in [2.24, 2.45) is 0 Å². The molecule has 0 rings (SSSR count). The van der Waals surface area contributed by atoms with Gasteiger partial charge in [-0.05, 0) is 24.1 Å². The molecule has 1 nitrogen and oxygen atoms in total. The molecule has 0 aliphatic heterocycles. The van der Waals surface area contributed by atoms with Crippen LogP contribution in [0.3, 0.4) is 0 Å². The standard InChI is InChI=1S/C7H9ClO/c1-2-3-4-5-6-7(8)9/h3-6H,2H2,1H3/b4-3-,6-5-. The van der Waals surface area contributed by atoms with Crippen LogP contribution in [0, 0.1) is 0 Å². The van der Waals surface area contributed by atoms with Crippen molar-refractivity contribution in [2.45, 2.75) is 13.3 Å². The second-order valence-electron chi connectivity index (χ2n) is 1.50. The monoisotopic (exact) mass is 144 g/mol. The molecule has 0 aliphatic carbocycles. The van der Waals surface area contributed by atoms with Gasteiger partial charge in [-0.2, -0.15) is 0 Å². The van der Waals surface area contributed by atoms with Gasteiger partial charge in [-0.15, -0.1) is 0 Å². The molecule has 9 heavy (non-hydrogen) atoms. The van der Waals surface area contributed by atoms with E-state index in [1.165, 1.54) is 6.08 Å². The third-order valence-electron chi connectivity index (χ3n) is 0.710. The average molecular weight is 145 g/mol. The van der Waals surface area contributed by atoms with Gasteiger partial charge in [0, 0.05) is 0 Å². The number of carbonyl (C=O) groups excluding carboxylic acids is 1. The third-order valence-corrected chi connectivity index (χ3v) is 0.836. The molecule has 0 radical (unpaired) electrons. The second kappa shape index (κ2) is 5.57. The molecule has 50 valence electrons. The van der Waals surface area contributed by atoms with E-state index in [-0.39, 0.29) is 0 Å². The zero-order valence-electron chi connectivity index (χ0n) is 5.30. The quantitative estimate of drug-likeness (QED) is 0.338. The molecule has 0 N–H and O–H groups in total. The minimum Gasteiger partial charge on any atom is -0.276 e. The van der Waals surface area contributed by atoms with E-state index in [1.54, 1.807) is 12.2 Å².